The second kappa shape index (κ2) is 12.8. The fourth-order valence-electron chi connectivity index (χ4n) is 3.75. The maximum absolute atomic E-state index is 12.8. The van der Waals surface area contributed by atoms with Crippen LogP contribution in [0.4, 0.5) is 0 Å². The van der Waals surface area contributed by atoms with Crippen LogP contribution in [0.1, 0.15) is 85.0 Å². The Balaban J connectivity index is 1.73. The van der Waals surface area contributed by atoms with Crippen LogP contribution in [-0.4, -0.2) is 34.4 Å². The Labute approximate surface area is 182 Å². The molecule has 1 aromatic carbocycles. The van der Waals surface area contributed by atoms with E-state index in [0.717, 1.165) is 12.3 Å². The van der Waals surface area contributed by atoms with E-state index in [1.54, 1.807) is 12.1 Å². The van der Waals surface area contributed by atoms with Crippen molar-refractivity contribution < 1.29 is 8.42 Å². The lowest BCUT2D eigenvalue weighted by Crippen LogP contribution is -2.16. The molecule has 0 aliphatic carbocycles. The van der Waals surface area contributed by atoms with Crippen molar-refractivity contribution >= 4 is 9.84 Å². The molecule has 0 saturated carbocycles. The average Bonchev–Trinajstić information content (AvgIpc) is 3.24. The number of unbranched alkanes of at least 4 members (excludes halogenated alkanes) is 4. The number of sulfone groups is 1. The van der Waals surface area contributed by atoms with Gasteiger partial charge in [0, 0.05) is 0 Å². The van der Waals surface area contributed by atoms with Gasteiger partial charge in [0.2, 0.25) is 9.84 Å². The van der Waals surface area contributed by atoms with Gasteiger partial charge in [-0.25, -0.2) is 8.42 Å². The third-order valence-electron chi connectivity index (χ3n) is 5.79. The summed E-state index contributed by atoms with van der Waals surface area (Å²) in [6.07, 6.45) is 12.1. The predicted molar refractivity (Wildman–Crippen MR) is 121 cm³/mol. The van der Waals surface area contributed by atoms with E-state index >= 15 is 0 Å². The van der Waals surface area contributed by atoms with Crippen molar-refractivity contribution in [1.82, 2.24) is 20.2 Å². The zero-order valence-electron chi connectivity index (χ0n) is 18.8. The van der Waals surface area contributed by atoms with Crippen LogP contribution in [0.15, 0.2) is 35.5 Å². The summed E-state index contributed by atoms with van der Waals surface area (Å²) in [4.78, 5) is 0. The second-order valence-corrected chi connectivity index (χ2v) is 10.7. The molecule has 0 amide bonds. The van der Waals surface area contributed by atoms with Crippen LogP contribution in [0.2, 0.25) is 0 Å². The first-order valence-corrected chi connectivity index (χ1v) is 13.2. The van der Waals surface area contributed by atoms with Gasteiger partial charge in [0.15, 0.2) is 0 Å². The Morgan fingerprint density at radius 1 is 0.867 bits per heavy atom. The largest absolute Gasteiger partial charge is 0.272 e. The van der Waals surface area contributed by atoms with Crippen molar-refractivity contribution in [1.29, 1.82) is 0 Å². The van der Waals surface area contributed by atoms with E-state index in [1.165, 1.54) is 56.0 Å². The SMILES string of the molecule is CCCCCCC[C@H](C)CCC[C@H](C)CCS(=O)(=O)c1nnnn1-c1ccccc1. The van der Waals surface area contributed by atoms with Crippen molar-refractivity contribution in [2.24, 2.45) is 11.8 Å². The molecule has 2 atom stereocenters. The number of tetrazole rings is 1. The molecule has 0 bridgehead atoms. The summed E-state index contributed by atoms with van der Waals surface area (Å²) in [6, 6.07) is 9.13. The van der Waals surface area contributed by atoms with Gasteiger partial charge in [-0.3, -0.25) is 0 Å². The fraction of sp³-hybridized carbons (Fsp3) is 0.696. The summed E-state index contributed by atoms with van der Waals surface area (Å²) in [5.74, 6) is 1.21. The van der Waals surface area contributed by atoms with Crippen LogP contribution < -0.4 is 0 Å². The van der Waals surface area contributed by atoms with Crippen LogP contribution in [0.5, 0.6) is 0 Å². The number of nitrogens with zero attached hydrogens (tertiary/aromatic N) is 4. The van der Waals surface area contributed by atoms with Crippen LogP contribution in [0.25, 0.3) is 5.69 Å². The summed E-state index contributed by atoms with van der Waals surface area (Å²) in [6.45, 7) is 6.74. The van der Waals surface area contributed by atoms with Gasteiger partial charge in [-0.15, -0.1) is 0 Å². The van der Waals surface area contributed by atoms with Gasteiger partial charge in [0.25, 0.3) is 5.16 Å². The van der Waals surface area contributed by atoms with Gasteiger partial charge < -0.3 is 0 Å². The van der Waals surface area contributed by atoms with Crippen molar-refractivity contribution in [2.45, 2.75) is 90.1 Å². The van der Waals surface area contributed by atoms with Crippen LogP contribution in [-0.2, 0) is 9.84 Å². The number of aromatic nitrogens is 4. The van der Waals surface area contributed by atoms with E-state index < -0.39 is 9.84 Å². The molecule has 0 aliphatic rings. The number of hydrogen-bond donors (Lipinski definition) is 0. The molecule has 0 aliphatic heterocycles. The van der Waals surface area contributed by atoms with Gasteiger partial charge in [0.1, 0.15) is 0 Å². The van der Waals surface area contributed by atoms with E-state index in [9.17, 15) is 8.42 Å². The molecule has 2 aromatic rings. The van der Waals surface area contributed by atoms with Gasteiger partial charge >= 0.3 is 0 Å². The van der Waals surface area contributed by atoms with Gasteiger partial charge in [-0.1, -0.05) is 102 Å². The Morgan fingerprint density at radius 2 is 1.50 bits per heavy atom. The van der Waals surface area contributed by atoms with Gasteiger partial charge in [-0.2, -0.15) is 4.68 Å². The van der Waals surface area contributed by atoms with Crippen LogP contribution in [0.3, 0.4) is 0 Å². The van der Waals surface area contributed by atoms with E-state index in [1.807, 2.05) is 18.2 Å². The van der Waals surface area contributed by atoms with Crippen molar-refractivity contribution in [3.63, 3.8) is 0 Å². The molecular weight excluding hydrogens is 396 g/mol. The molecule has 6 nitrogen and oxygen atoms in total. The zero-order valence-corrected chi connectivity index (χ0v) is 19.6. The van der Waals surface area contributed by atoms with E-state index in [4.69, 9.17) is 0 Å². The lowest BCUT2D eigenvalue weighted by atomic mass is 9.93. The molecule has 0 spiro atoms. The zero-order chi connectivity index (χ0) is 21.8. The normalized spacial score (nSPS) is 14.0. The Bertz CT molecular complexity index is 821. The maximum Gasteiger partial charge on any atom is 0.272 e. The Morgan fingerprint density at radius 3 is 2.20 bits per heavy atom. The Kier molecular flexibility index (Phi) is 10.5. The summed E-state index contributed by atoms with van der Waals surface area (Å²) < 4.78 is 26.9. The predicted octanol–water partition coefficient (Wildman–Crippen LogP) is 5.63. The van der Waals surface area contributed by atoms with Gasteiger partial charge in [-0.05, 0) is 40.8 Å². The lowest BCUT2D eigenvalue weighted by Gasteiger charge is -2.14. The summed E-state index contributed by atoms with van der Waals surface area (Å²) >= 11 is 0. The highest BCUT2D eigenvalue weighted by Crippen LogP contribution is 2.21. The molecule has 0 N–H and O–H groups in total. The fourth-order valence-corrected chi connectivity index (χ4v) is 5.21. The first kappa shape index (κ1) is 24.5. The summed E-state index contributed by atoms with van der Waals surface area (Å²) in [5.41, 5.74) is 0.651. The minimum absolute atomic E-state index is 0.0717. The van der Waals surface area contributed by atoms with E-state index in [2.05, 4.69) is 36.3 Å². The second-order valence-electron chi connectivity index (χ2n) is 8.66. The molecule has 7 heteroatoms. The molecule has 30 heavy (non-hydrogen) atoms. The first-order chi connectivity index (χ1) is 14.4. The topological polar surface area (TPSA) is 77.7 Å². The number of rotatable bonds is 15. The highest BCUT2D eigenvalue weighted by Gasteiger charge is 2.24. The molecule has 168 valence electrons. The number of hydrogen-bond acceptors (Lipinski definition) is 5. The highest BCUT2D eigenvalue weighted by molar-refractivity contribution is 7.91. The molecular formula is C23H38N4O2S. The molecule has 2 rings (SSSR count). The quantitative estimate of drug-likeness (QED) is 0.340. The average molecular weight is 435 g/mol. The van der Waals surface area contributed by atoms with Crippen LogP contribution in [0, 0.1) is 11.8 Å². The van der Waals surface area contributed by atoms with Crippen LogP contribution >= 0.6 is 0 Å². The lowest BCUT2D eigenvalue weighted by molar-refractivity contribution is 0.405. The minimum atomic E-state index is -3.53. The summed E-state index contributed by atoms with van der Waals surface area (Å²) in [7, 11) is -3.53. The van der Waals surface area contributed by atoms with Crippen molar-refractivity contribution in [3.8, 4) is 5.69 Å². The molecule has 0 saturated heterocycles. The van der Waals surface area contributed by atoms with Crippen molar-refractivity contribution in [2.75, 3.05) is 5.75 Å². The first-order valence-electron chi connectivity index (χ1n) is 11.5. The van der Waals surface area contributed by atoms with E-state index in [-0.39, 0.29) is 10.9 Å². The maximum atomic E-state index is 12.8. The molecule has 1 heterocycles. The third-order valence-corrected chi connectivity index (χ3v) is 7.38. The molecule has 0 fully saturated rings. The molecule has 1 aromatic heterocycles. The minimum Gasteiger partial charge on any atom is -0.220 e. The van der Waals surface area contributed by atoms with E-state index in [0.29, 0.717) is 18.0 Å². The highest BCUT2D eigenvalue weighted by atomic mass is 32.2. The molecule has 0 unspecified atom stereocenters. The molecule has 0 radical (unpaired) electrons. The third kappa shape index (κ3) is 8.17. The number of para-hydroxylation sites is 1. The smallest absolute Gasteiger partial charge is 0.220 e. The Hall–Kier alpha value is -1.76. The van der Waals surface area contributed by atoms with Crippen molar-refractivity contribution in [3.05, 3.63) is 30.3 Å². The number of benzene rings is 1. The summed E-state index contributed by atoms with van der Waals surface area (Å²) in [5, 5.41) is 11.2. The standard InChI is InChI=1S/C23H38N4O2S/c1-4-5-6-7-9-13-20(2)14-12-15-21(3)18-19-30(28,29)23-24-25-26-27(23)22-16-10-8-11-17-22/h8,10-11,16-17,20-21H,4-7,9,12-15,18-19H2,1-3H3/t20-,21-/m0/s1. The van der Waals surface area contributed by atoms with Gasteiger partial charge in [0.05, 0.1) is 11.4 Å². The monoisotopic (exact) mass is 434 g/mol.